The van der Waals surface area contributed by atoms with E-state index in [0.29, 0.717) is 18.9 Å². The monoisotopic (exact) mass is 390 g/mol. The van der Waals surface area contributed by atoms with Crippen molar-refractivity contribution in [1.29, 1.82) is 0 Å². The minimum absolute atomic E-state index is 0.198. The van der Waals surface area contributed by atoms with E-state index in [0.717, 1.165) is 22.4 Å². The molecule has 0 aromatic heterocycles. The van der Waals surface area contributed by atoms with Gasteiger partial charge >= 0.3 is 13.6 Å². The van der Waals surface area contributed by atoms with Gasteiger partial charge in [-0.25, -0.2) is 4.79 Å². The normalized spacial score (nSPS) is 11.3. The first-order chi connectivity index (χ1) is 12.8. The highest BCUT2D eigenvalue weighted by atomic mass is 31.2. The predicted octanol–water partition coefficient (Wildman–Crippen LogP) is 5.71. The van der Waals surface area contributed by atoms with Crippen molar-refractivity contribution in [1.82, 2.24) is 0 Å². The Balaban J connectivity index is 1.99. The Hall–Kier alpha value is -2.14. The lowest BCUT2D eigenvalue weighted by molar-refractivity contribution is 0.219. The molecule has 0 saturated carbocycles. The second kappa shape index (κ2) is 9.70. The molecule has 0 heterocycles. The Morgan fingerprint density at radius 2 is 1.59 bits per heavy atom. The number of urea groups is 1. The topological polar surface area (TPSA) is 76.7 Å². The molecule has 0 aliphatic rings. The first kappa shape index (κ1) is 21.2. The highest BCUT2D eigenvalue weighted by Crippen LogP contribution is 2.51. The molecule has 0 radical (unpaired) electrons. The number of benzene rings is 2. The van der Waals surface area contributed by atoms with Gasteiger partial charge in [0.2, 0.25) is 0 Å². The van der Waals surface area contributed by atoms with Gasteiger partial charge in [0, 0.05) is 11.4 Å². The molecule has 0 atom stereocenters. The number of amides is 2. The van der Waals surface area contributed by atoms with Crippen LogP contribution in [0.1, 0.15) is 30.5 Å². The van der Waals surface area contributed by atoms with Crippen molar-refractivity contribution < 1.29 is 18.4 Å². The largest absolute Gasteiger partial charge is 0.335 e. The number of hydrogen-bond acceptors (Lipinski definition) is 4. The first-order valence-electron chi connectivity index (χ1n) is 8.97. The van der Waals surface area contributed by atoms with Gasteiger partial charge in [0.15, 0.2) is 0 Å². The molecule has 0 fully saturated rings. The summed E-state index contributed by atoms with van der Waals surface area (Å²) in [6.45, 7) is 8.15. The predicted molar refractivity (Wildman–Crippen MR) is 110 cm³/mol. The smallest absolute Gasteiger partial charge is 0.309 e. The first-order valence-corrected chi connectivity index (χ1v) is 10.7. The average Bonchev–Trinajstić information content (AvgIpc) is 2.60. The zero-order valence-electron chi connectivity index (χ0n) is 16.2. The number of carbonyl (C=O) groups is 1. The summed E-state index contributed by atoms with van der Waals surface area (Å²) in [6, 6.07) is 12.7. The quantitative estimate of drug-likeness (QED) is 0.566. The maximum Gasteiger partial charge on any atom is 0.335 e. The van der Waals surface area contributed by atoms with Crippen LogP contribution in [0.4, 0.5) is 16.2 Å². The Labute approximate surface area is 160 Å². The maximum absolute atomic E-state index is 12.6. The van der Waals surface area contributed by atoms with E-state index < -0.39 is 7.60 Å². The Bertz CT molecular complexity index is 811. The molecule has 27 heavy (non-hydrogen) atoms. The van der Waals surface area contributed by atoms with Crippen molar-refractivity contribution in [3.05, 3.63) is 59.2 Å². The van der Waals surface area contributed by atoms with Crippen LogP contribution in [0.25, 0.3) is 0 Å². The summed E-state index contributed by atoms with van der Waals surface area (Å²) in [7, 11) is -3.14. The fraction of sp³-hybridized carbons (Fsp3) is 0.350. The second-order valence-corrected chi connectivity index (χ2v) is 8.25. The summed E-state index contributed by atoms with van der Waals surface area (Å²) in [5.74, 6) is 0. The Morgan fingerprint density at radius 3 is 2.19 bits per heavy atom. The lowest BCUT2D eigenvalue weighted by Crippen LogP contribution is -2.20. The molecule has 2 aromatic rings. The fourth-order valence-corrected chi connectivity index (χ4v) is 4.30. The van der Waals surface area contributed by atoms with Crippen molar-refractivity contribution in [2.45, 2.75) is 33.9 Å². The molecule has 2 rings (SSSR count). The van der Waals surface area contributed by atoms with Crippen LogP contribution in [0, 0.1) is 13.8 Å². The molecule has 0 saturated heterocycles. The summed E-state index contributed by atoms with van der Waals surface area (Å²) in [6.07, 6.45) is 0.198. The van der Waals surface area contributed by atoms with Gasteiger partial charge in [-0.1, -0.05) is 24.3 Å². The van der Waals surface area contributed by atoms with Gasteiger partial charge in [-0.05, 0) is 62.6 Å². The van der Waals surface area contributed by atoms with Crippen LogP contribution in [0.5, 0.6) is 0 Å². The van der Waals surface area contributed by atoms with Gasteiger partial charge in [0.25, 0.3) is 0 Å². The third-order valence-electron chi connectivity index (χ3n) is 3.88. The van der Waals surface area contributed by atoms with Crippen LogP contribution < -0.4 is 10.6 Å². The van der Waals surface area contributed by atoms with E-state index in [1.165, 1.54) is 0 Å². The molecule has 2 amide bonds. The minimum atomic E-state index is -3.14. The lowest BCUT2D eigenvalue weighted by Gasteiger charge is -2.17. The Morgan fingerprint density at radius 1 is 0.963 bits per heavy atom. The summed E-state index contributed by atoms with van der Waals surface area (Å²) in [4.78, 5) is 12.2. The van der Waals surface area contributed by atoms with E-state index in [9.17, 15) is 9.36 Å². The van der Waals surface area contributed by atoms with Gasteiger partial charge in [-0.15, -0.1) is 0 Å². The third-order valence-corrected chi connectivity index (χ3v) is 5.94. The van der Waals surface area contributed by atoms with Crippen LogP contribution in [-0.2, 0) is 19.8 Å². The van der Waals surface area contributed by atoms with Crippen molar-refractivity contribution in [2.24, 2.45) is 0 Å². The zero-order valence-corrected chi connectivity index (χ0v) is 17.1. The highest BCUT2D eigenvalue weighted by molar-refractivity contribution is 7.53. The van der Waals surface area contributed by atoms with E-state index in [-0.39, 0.29) is 12.2 Å². The van der Waals surface area contributed by atoms with Crippen molar-refractivity contribution >= 4 is 25.0 Å². The molecule has 2 N–H and O–H groups in total. The van der Waals surface area contributed by atoms with Gasteiger partial charge in [-0.2, -0.15) is 0 Å². The third kappa shape index (κ3) is 6.51. The Kier molecular flexibility index (Phi) is 7.60. The molecule has 0 aliphatic carbocycles. The van der Waals surface area contributed by atoms with Crippen LogP contribution in [0.15, 0.2) is 42.5 Å². The molecule has 0 unspecified atom stereocenters. The van der Waals surface area contributed by atoms with Crippen molar-refractivity contribution in [2.75, 3.05) is 23.8 Å². The number of carbonyl (C=O) groups excluding carboxylic acids is 1. The minimum Gasteiger partial charge on any atom is -0.309 e. The summed E-state index contributed by atoms with van der Waals surface area (Å²) < 4.78 is 23.2. The molecular formula is C20H27N2O4P. The van der Waals surface area contributed by atoms with E-state index in [2.05, 4.69) is 10.6 Å². The van der Waals surface area contributed by atoms with Gasteiger partial charge in [0.05, 0.1) is 19.4 Å². The summed E-state index contributed by atoms with van der Waals surface area (Å²) >= 11 is 0. The molecule has 2 aromatic carbocycles. The van der Waals surface area contributed by atoms with Crippen LogP contribution in [0.3, 0.4) is 0 Å². The van der Waals surface area contributed by atoms with E-state index in [4.69, 9.17) is 9.05 Å². The van der Waals surface area contributed by atoms with Crippen LogP contribution in [-0.4, -0.2) is 19.2 Å². The number of rotatable bonds is 8. The molecule has 0 aliphatic heterocycles. The molecule has 6 nitrogen and oxygen atoms in total. The standard InChI is InChI=1S/C20H27N2O4P/c1-5-25-27(24,26-6-2)14-17-9-11-18(12-10-17)21-20(23)22-19-13-15(3)7-8-16(19)4/h7-13H,5-6,14H2,1-4H3,(H2,21,22,23). The SMILES string of the molecule is CCOP(=O)(Cc1ccc(NC(=O)Nc2cc(C)ccc2C)cc1)OCC. The fourth-order valence-electron chi connectivity index (χ4n) is 2.59. The lowest BCUT2D eigenvalue weighted by atomic mass is 10.1. The summed E-state index contributed by atoms with van der Waals surface area (Å²) in [5.41, 5.74) is 4.31. The maximum atomic E-state index is 12.6. The second-order valence-electron chi connectivity index (χ2n) is 6.20. The molecular weight excluding hydrogens is 363 g/mol. The van der Waals surface area contributed by atoms with Crippen LogP contribution >= 0.6 is 7.60 Å². The van der Waals surface area contributed by atoms with Gasteiger partial charge < -0.3 is 19.7 Å². The molecule has 146 valence electrons. The van der Waals surface area contributed by atoms with Gasteiger partial charge in [0.1, 0.15) is 0 Å². The molecule has 7 heteroatoms. The number of nitrogens with one attached hydrogen (secondary N) is 2. The van der Waals surface area contributed by atoms with Crippen LogP contribution in [0.2, 0.25) is 0 Å². The number of hydrogen-bond donors (Lipinski definition) is 2. The number of anilines is 2. The summed E-state index contributed by atoms with van der Waals surface area (Å²) in [5, 5.41) is 5.65. The highest BCUT2D eigenvalue weighted by Gasteiger charge is 2.23. The van der Waals surface area contributed by atoms with Gasteiger partial charge in [-0.3, -0.25) is 4.57 Å². The van der Waals surface area contributed by atoms with E-state index in [1.54, 1.807) is 38.1 Å². The van der Waals surface area contributed by atoms with Crippen molar-refractivity contribution in [3.8, 4) is 0 Å². The van der Waals surface area contributed by atoms with Crippen molar-refractivity contribution in [3.63, 3.8) is 0 Å². The number of aryl methyl sites for hydroxylation is 2. The zero-order chi connectivity index (χ0) is 19.9. The van der Waals surface area contributed by atoms with E-state index in [1.807, 2.05) is 32.0 Å². The molecule has 0 bridgehead atoms. The molecule has 0 spiro atoms. The van der Waals surface area contributed by atoms with E-state index >= 15 is 0 Å². The average molecular weight is 390 g/mol.